The Morgan fingerprint density at radius 2 is 2.00 bits per heavy atom. The normalized spacial score (nSPS) is 27.5. The van der Waals surface area contributed by atoms with Crippen LogP contribution in [0, 0.1) is 0 Å². The Balaban J connectivity index is 1.92. The van der Waals surface area contributed by atoms with E-state index in [4.69, 9.17) is 5.73 Å². The van der Waals surface area contributed by atoms with Gasteiger partial charge in [0.25, 0.3) is 0 Å². The van der Waals surface area contributed by atoms with Crippen LogP contribution in [0.3, 0.4) is 0 Å². The fourth-order valence-electron chi connectivity index (χ4n) is 1.07. The van der Waals surface area contributed by atoms with Crippen molar-refractivity contribution in [3.8, 4) is 0 Å². The van der Waals surface area contributed by atoms with Crippen molar-refractivity contribution in [3.63, 3.8) is 0 Å². The van der Waals surface area contributed by atoms with Gasteiger partial charge in [0.1, 0.15) is 11.0 Å². The van der Waals surface area contributed by atoms with Gasteiger partial charge in [-0.25, -0.2) is 0 Å². The summed E-state index contributed by atoms with van der Waals surface area (Å²) in [6.07, 6.45) is 0. The topological polar surface area (TPSA) is 50.1 Å². The molecule has 2 atom stereocenters. The summed E-state index contributed by atoms with van der Waals surface area (Å²) in [7, 11) is 3.36. The average Bonchev–Trinajstić information content (AvgIpc) is 2.53. The summed E-state index contributed by atoms with van der Waals surface area (Å²) in [5.41, 5.74) is 7.03. The highest BCUT2D eigenvalue weighted by atomic mass is 33.1. The first-order valence-electron chi connectivity index (χ1n) is 4.00. The Hall–Kier alpha value is -0.360. The third-order valence-corrected chi connectivity index (χ3v) is 4.08. The number of hydrogen-bond donors (Lipinski definition) is 3. The minimum atomic E-state index is 0.0335. The minimum Gasteiger partial charge on any atom is -0.361 e. The Bertz CT molecular complexity index is 267. The lowest BCUT2D eigenvalue weighted by atomic mass is 10.3. The van der Waals surface area contributed by atoms with Gasteiger partial charge in [0, 0.05) is 5.69 Å². The van der Waals surface area contributed by atoms with Gasteiger partial charge in [-0.2, -0.15) is 0 Å². The summed E-state index contributed by atoms with van der Waals surface area (Å²) in [6.45, 7) is 0. The molecule has 1 saturated heterocycles. The van der Waals surface area contributed by atoms with Crippen LogP contribution in [0.1, 0.15) is 0 Å². The molecule has 1 aliphatic rings. The lowest BCUT2D eigenvalue weighted by molar-refractivity contribution is 0.686. The highest BCUT2D eigenvalue weighted by molar-refractivity contribution is 8.77. The van der Waals surface area contributed by atoms with Crippen LogP contribution in [-0.2, 0) is 0 Å². The van der Waals surface area contributed by atoms with Gasteiger partial charge in [-0.05, 0) is 22.9 Å². The van der Waals surface area contributed by atoms with Gasteiger partial charge in [-0.15, -0.1) is 0 Å². The molecule has 2 unspecified atom stereocenters. The quantitative estimate of drug-likeness (QED) is 0.652. The first-order valence-corrected chi connectivity index (χ1v) is 6.27. The standard InChI is InChI=1S/C8H11N3S2/c9-7-11-8(13-12-7)10-6-4-2-1-3-5-6/h1-5,7-8,10-11H,9H2. The van der Waals surface area contributed by atoms with Gasteiger partial charge in [0.05, 0.1) is 0 Å². The van der Waals surface area contributed by atoms with Gasteiger partial charge < -0.3 is 11.1 Å². The SMILES string of the molecule is NC1NC(Nc2ccccc2)SS1. The summed E-state index contributed by atoms with van der Waals surface area (Å²) in [5, 5.41) is 6.52. The van der Waals surface area contributed by atoms with Crippen molar-refractivity contribution in [2.45, 2.75) is 11.0 Å². The van der Waals surface area contributed by atoms with E-state index in [9.17, 15) is 0 Å². The Morgan fingerprint density at radius 3 is 2.62 bits per heavy atom. The maximum Gasteiger partial charge on any atom is 0.137 e. The zero-order valence-corrected chi connectivity index (χ0v) is 8.57. The molecule has 1 aliphatic heterocycles. The first-order chi connectivity index (χ1) is 6.34. The number of anilines is 1. The lowest BCUT2D eigenvalue weighted by Crippen LogP contribution is -2.38. The molecular weight excluding hydrogens is 202 g/mol. The maximum absolute atomic E-state index is 5.67. The zero-order chi connectivity index (χ0) is 9.10. The van der Waals surface area contributed by atoms with Crippen LogP contribution >= 0.6 is 21.6 Å². The van der Waals surface area contributed by atoms with Crippen molar-refractivity contribution in [3.05, 3.63) is 30.3 Å². The van der Waals surface area contributed by atoms with Crippen molar-refractivity contribution in [1.29, 1.82) is 0 Å². The molecule has 0 aromatic heterocycles. The van der Waals surface area contributed by atoms with E-state index in [2.05, 4.69) is 10.6 Å². The molecule has 0 aliphatic carbocycles. The molecule has 1 aromatic carbocycles. The van der Waals surface area contributed by atoms with Crippen molar-refractivity contribution in [1.82, 2.24) is 5.32 Å². The van der Waals surface area contributed by atoms with Crippen LogP contribution in [0.5, 0.6) is 0 Å². The van der Waals surface area contributed by atoms with E-state index in [0.717, 1.165) is 5.69 Å². The number of benzene rings is 1. The van der Waals surface area contributed by atoms with E-state index in [1.54, 1.807) is 21.6 Å². The Morgan fingerprint density at radius 1 is 1.23 bits per heavy atom. The van der Waals surface area contributed by atoms with Crippen LogP contribution < -0.4 is 16.4 Å². The maximum atomic E-state index is 5.67. The second-order valence-corrected chi connectivity index (χ2v) is 5.19. The van der Waals surface area contributed by atoms with Gasteiger partial charge in [0.15, 0.2) is 0 Å². The van der Waals surface area contributed by atoms with Crippen LogP contribution in [0.25, 0.3) is 0 Å². The zero-order valence-electron chi connectivity index (χ0n) is 6.94. The molecule has 70 valence electrons. The molecule has 0 radical (unpaired) electrons. The summed E-state index contributed by atoms with van der Waals surface area (Å²) < 4.78 is 0. The van der Waals surface area contributed by atoms with Gasteiger partial charge in [-0.3, -0.25) is 5.32 Å². The number of rotatable bonds is 2. The second-order valence-electron chi connectivity index (χ2n) is 2.67. The van der Waals surface area contributed by atoms with Crippen LogP contribution in [-0.4, -0.2) is 11.0 Å². The molecule has 13 heavy (non-hydrogen) atoms. The fourth-order valence-corrected chi connectivity index (χ4v) is 3.14. The monoisotopic (exact) mass is 213 g/mol. The average molecular weight is 213 g/mol. The summed E-state index contributed by atoms with van der Waals surface area (Å²) >= 11 is 0. The molecule has 1 aromatic rings. The molecule has 4 N–H and O–H groups in total. The summed E-state index contributed by atoms with van der Waals surface area (Å²) in [6, 6.07) is 10.1. The Kier molecular flexibility index (Phi) is 3.00. The van der Waals surface area contributed by atoms with Crippen molar-refractivity contribution in [2.75, 3.05) is 5.32 Å². The summed E-state index contributed by atoms with van der Waals surface area (Å²) in [5.74, 6) is 0. The van der Waals surface area contributed by atoms with Crippen molar-refractivity contribution in [2.24, 2.45) is 5.73 Å². The molecule has 0 bridgehead atoms. The highest BCUT2D eigenvalue weighted by Crippen LogP contribution is 2.34. The predicted octanol–water partition coefficient (Wildman–Crippen LogP) is 1.61. The van der Waals surface area contributed by atoms with E-state index in [1.807, 2.05) is 30.3 Å². The van der Waals surface area contributed by atoms with E-state index < -0.39 is 0 Å². The highest BCUT2D eigenvalue weighted by Gasteiger charge is 2.21. The molecular formula is C8H11N3S2. The molecule has 0 spiro atoms. The first kappa shape index (κ1) is 9.21. The lowest BCUT2D eigenvalue weighted by Gasteiger charge is -2.12. The number of nitrogens with one attached hydrogen (secondary N) is 2. The molecule has 0 saturated carbocycles. The molecule has 3 nitrogen and oxygen atoms in total. The molecule has 1 fully saturated rings. The minimum absolute atomic E-state index is 0.0335. The van der Waals surface area contributed by atoms with E-state index in [0.29, 0.717) is 0 Å². The van der Waals surface area contributed by atoms with Crippen LogP contribution in [0.2, 0.25) is 0 Å². The Labute approximate surface area is 85.2 Å². The largest absolute Gasteiger partial charge is 0.361 e. The second kappa shape index (κ2) is 4.23. The van der Waals surface area contributed by atoms with Crippen LogP contribution in [0.4, 0.5) is 5.69 Å². The molecule has 0 amide bonds. The van der Waals surface area contributed by atoms with Crippen molar-refractivity contribution >= 4 is 27.3 Å². The van der Waals surface area contributed by atoms with Gasteiger partial charge in [0.2, 0.25) is 0 Å². The molecule has 2 rings (SSSR count). The van der Waals surface area contributed by atoms with Crippen molar-refractivity contribution < 1.29 is 0 Å². The van der Waals surface area contributed by atoms with Gasteiger partial charge in [-0.1, -0.05) is 29.0 Å². The number of hydrogen-bond acceptors (Lipinski definition) is 5. The number of para-hydroxylation sites is 1. The van der Waals surface area contributed by atoms with E-state index >= 15 is 0 Å². The number of nitrogens with two attached hydrogens (primary N) is 1. The predicted molar refractivity (Wildman–Crippen MR) is 60.1 cm³/mol. The molecule has 1 heterocycles. The van der Waals surface area contributed by atoms with Gasteiger partial charge >= 0.3 is 0 Å². The summed E-state index contributed by atoms with van der Waals surface area (Å²) in [4.78, 5) is 0. The van der Waals surface area contributed by atoms with E-state index in [1.165, 1.54) is 0 Å². The molecule has 5 heteroatoms. The smallest absolute Gasteiger partial charge is 0.137 e. The third-order valence-electron chi connectivity index (χ3n) is 1.64. The third kappa shape index (κ3) is 2.54. The fraction of sp³-hybridized carbons (Fsp3) is 0.250. The van der Waals surface area contributed by atoms with Crippen LogP contribution in [0.15, 0.2) is 30.3 Å². The van der Waals surface area contributed by atoms with E-state index in [-0.39, 0.29) is 11.0 Å².